The van der Waals surface area contributed by atoms with Crippen molar-refractivity contribution in [1.82, 2.24) is 0 Å². The van der Waals surface area contributed by atoms with Crippen LogP contribution in [0.15, 0.2) is 24.3 Å². The van der Waals surface area contributed by atoms with Gasteiger partial charge in [0.15, 0.2) is 0 Å². The summed E-state index contributed by atoms with van der Waals surface area (Å²) in [7, 11) is 0. The van der Waals surface area contributed by atoms with Crippen LogP contribution in [-0.2, 0) is 4.79 Å². The molecule has 1 N–H and O–H groups in total. The molecule has 0 spiro atoms. The maximum absolute atomic E-state index is 11.1. The minimum Gasteiger partial charge on any atom is -0.481 e. The Bertz CT molecular complexity index is 385. The van der Waals surface area contributed by atoms with Gasteiger partial charge in [-0.25, -0.2) is 0 Å². The maximum atomic E-state index is 11.1. The van der Waals surface area contributed by atoms with E-state index in [4.69, 9.17) is 16.7 Å². The zero-order chi connectivity index (χ0) is 11.1. The second-order valence-corrected chi connectivity index (χ2v) is 4.53. The van der Waals surface area contributed by atoms with E-state index in [-0.39, 0.29) is 11.8 Å². The van der Waals surface area contributed by atoms with Crippen molar-refractivity contribution in [2.75, 3.05) is 5.88 Å². The molecule has 0 aromatic heterocycles. The van der Waals surface area contributed by atoms with Crippen LogP contribution in [0.5, 0.6) is 0 Å². The van der Waals surface area contributed by atoms with Gasteiger partial charge in [-0.15, -0.1) is 11.6 Å². The summed E-state index contributed by atoms with van der Waals surface area (Å²) in [4.78, 5) is 11.1. The largest absolute Gasteiger partial charge is 0.481 e. The van der Waals surface area contributed by atoms with Gasteiger partial charge < -0.3 is 5.11 Å². The van der Waals surface area contributed by atoms with E-state index in [1.54, 1.807) is 0 Å². The van der Waals surface area contributed by atoms with E-state index in [1.165, 1.54) is 5.56 Å². The van der Waals surface area contributed by atoms with Crippen LogP contribution in [0.1, 0.15) is 23.5 Å². The van der Waals surface area contributed by atoms with Crippen molar-refractivity contribution < 1.29 is 9.90 Å². The average Bonchev–Trinajstić information content (AvgIpc) is 2.95. The second kappa shape index (κ2) is 3.53. The van der Waals surface area contributed by atoms with E-state index < -0.39 is 11.4 Å². The number of aliphatic carboxylic acids is 1. The zero-order valence-electron chi connectivity index (χ0n) is 8.53. The summed E-state index contributed by atoms with van der Waals surface area (Å²) in [5.74, 6) is -0.489. The van der Waals surface area contributed by atoms with Gasteiger partial charge in [0.2, 0.25) is 0 Å². The summed E-state index contributed by atoms with van der Waals surface area (Å²) in [6.07, 6.45) is 0.662. The van der Waals surface area contributed by atoms with Crippen molar-refractivity contribution in [3.8, 4) is 0 Å². The fraction of sp³-hybridized carbons (Fsp3) is 0.417. The van der Waals surface area contributed by atoms with Crippen LogP contribution in [0, 0.1) is 12.3 Å². The Balaban J connectivity index is 2.22. The lowest BCUT2D eigenvalue weighted by atomic mass is 10.0. The number of carboxylic acid groups (broad SMARTS) is 1. The fourth-order valence-corrected chi connectivity index (χ4v) is 2.39. The van der Waals surface area contributed by atoms with Crippen LogP contribution in [0.25, 0.3) is 0 Å². The number of aryl methyl sites for hydroxylation is 1. The van der Waals surface area contributed by atoms with E-state index in [9.17, 15) is 4.79 Å². The van der Waals surface area contributed by atoms with Gasteiger partial charge >= 0.3 is 5.97 Å². The van der Waals surface area contributed by atoms with Crippen LogP contribution >= 0.6 is 11.6 Å². The van der Waals surface area contributed by atoms with Crippen molar-refractivity contribution in [2.24, 2.45) is 5.41 Å². The highest BCUT2D eigenvalue weighted by atomic mass is 35.5. The van der Waals surface area contributed by atoms with Gasteiger partial charge in [0.25, 0.3) is 0 Å². The molecule has 0 amide bonds. The molecule has 1 fully saturated rings. The van der Waals surface area contributed by atoms with Crippen LogP contribution in [0.4, 0.5) is 0 Å². The van der Waals surface area contributed by atoms with Gasteiger partial charge in [-0.1, -0.05) is 29.8 Å². The van der Waals surface area contributed by atoms with Crippen LogP contribution in [0.2, 0.25) is 0 Å². The lowest BCUT2D eigenvalue weighted by Gasteiger charge is -2.08. The number of hydrogen-bond donors (Lipinski definition) is 1. The molecule has 15 heavy (non-hydrogen) atoms. The summed E-state index contributed by atoms with van der Waals surface area (Å²) in [5.41, 5.74) is 1.56. The smallest absolute Gasteiger partial charge is 0.311 e. The fourth-order valence-electron chi connectivity index (χ4n) is 1.98. The van der Waals surface area contributed by atoms with Gasteiger partial charge in [-0.2, -0.15) is 0 Å². The molecule has 2 rings (SSSR count). The molecule has 0 unspecified atom stereocenters. The zero-order valence-corrected chi connectivity index (χ0v) is 9.29. The van der Waals surface area contributed by atoms with E-state index in [1.807, 2.05) is 31.2 Å². The van der Waals surface area contributed by atoms with Crippen molar-refractivity contribution >= 4 is 17.6 Å². The van der Waals surface area contributed by atoms with Gasteiger partial charge in [0, 0.05) is 11.8 Å². The topological polar surface area (TPSA) is 37.3 Å². The summed E-state index contributed by atoms with van der Waals surface area (Å²) >= 11 is 5.75. The number of alkyl halides is 1. The number of carboxylic acids is 1. The average molecular weight is 225 g/mol. The first-order chi connectivity index (χ1) is 7.10. The monoisotopic (exact) mass is 224 g/mol. The summed E-state index contributed by atoms with van der Waals surface area (Å²) in [5, 5.41) is 9.11. The Morgan fingerprint density at radius 2 is 2.13 bits per heavy atom. The van der Waals surface area contributed by atoms with Gasteiger partial charge in [-0.05, 0) is 18.9 Å². The van der Waals surface area contributed by atoms with E-state index >= 15 is 0 Å². The summed E-state index contributed by atoms with van der Waals surface area (Å²) < 4.78 is 0. The summed E-state index contributed by atoms with van der Waals surface area (Å²) in [6, 6.07) is 8.01. The molecule has 1 aliphatic rings. The van der Waals surface area contributed by atoms with Gasteiger partial charge in [0.05, 0.1) is 5.41 Å². The van der Waals surface area contributed by atoms with Gasteiger partial charge in [-0.3, -0.25) is 4.79 Å². The Labute approximate surface area is 93.9 Å². The Hall–Kier alpha value is -1.02. The highest BCUT2D eigenvalue weighted by molar-refractivity contribution is 6.20. The molecule has 2 nitrogen and oxygen atoms in total. The molecule has 80 valence electrons. The molecule has 0 saturated heterocycles. The Morgan fingerprint density at radius 3 is 2.53 bits per heavy atom. The van der Waals surface area contributed by atoms with E-state index in [0.717, 1.165) is 5.56 Å². The third kappa shape index (κ3) is 1.63. The number of benzene rings is 1. The first-order valence-corrected chi connectivity index (χ1v) is 5.49. The molecule has 3 heteroatoms. The summed E-state index contributed by atoms with van der Waals surface area (Å²) in [6.45, 7) is 2.02. The van der Waals surface area contributed by atoms with E-state index in [2.05, 4.69) is 0 Å². The molecule has 0 aliphatic heterocycles. The van der Waals surface area contributed by atoms with Gasteiger partial charge in [0.1, 0.15) is 0 Å². The number of halogens is 1. The standard InChI is InChI=1S/C12H13ClO2/c1-8-2-4-9(5-3-8)10-6-12(10,7-13)11(14)15/h2-5,10H,6-7H2,1H3,(H,14,15)/t10-,12+/m1/s1. The quantitative estimate of drug-likeness (QED) is 0.802. The van der Waals surface area contributed by atoms with Crippen molar-refractivity contribution in [2.45, 2.75) is 19.3 Å². The minimum atomic E-state index is -0.775. The molecule has 1 aliphatic carbocycles. The molecular weight excluding hydrogens is 212 g/mol. The Morgan fingerprint density at radius 1 is 1.53 bits per heavy atom. The molecule has 0 radical (unpaired) electrons. The highest BCUT2D eigenvalue weighted by Crippen LogP contribution is 2.60. The third-order valence-corrected chi connectivity index (χ3v) is 3.70. The normalized spacial score (nSPS) is 28.8. The number of hydrogen-bond acceptors (Lipinski definition) is 1. The van der Waals surface area contributed by atoms with Crippen LogP contribution < -0.4 is 0 Å². The number of rotatable bonds is 3. The van der Waals surface area contributed by atoms with Crippen molar-refractivity contribution in [1.29, 1.82) is 0 Å². The molecule has 1 saturated carbocycles. The molecule has 0 bridgehead atoms. The van der Waals surface area contributed by atoms with Crippen LogP contribution in [-0.4, -0.2) is 17.0 Å². The lowest BCUT2D eigenvalue weighted by Crippen LogP contribution is -2.18. The predicted molar refractivity (Wildman–Crippen MR) is 59.3 cm³/mol. The minimum absolute atomic E-state index is 0.0908. The SMILES string of the molecule is Cc1ccc([C@H]2C[C@@]2(CCl)C(=O)O)cc1. The molecular formula is C12H13ClO2. The molecule has 2 atom stereocenters. The number of carbonyl (C=O) groups is 1. The highest BCUT2D eigenvalue weighted by Gasteiger charge is 2.60. The first-order valence-electron chi connectivity index (χ1n) is 4.96. The van der Waals surface area contributed by atoms with Crippen molar-refractivity contribution in [3.05, 3.63) is 35.4 Å². The van der Waals surface area contributed by atoms with Crippen molar-refractivity contribution in [3.63, 3.8) is 0 Å². The first kappa shape index (κ1) is 10.5. The lowest BCUT2D eigenvalue weighted by molar-refractivity contribution is -0.142. The third-order valence-electron chi connectivity index (χ3n) is 3.22. The molecule has 1 aromatic rings. The molecule has 0 heterocycles. The van der Waals surface area contributed by atoms with Crippen LogP contribution in [0.3, 0.4) is 0 Å². The predicted octanol–water partition coefficient (Wildman–Crippen LogP) is 2.79. The molecule has 1 aromatic carbocycles. The Kier molecular flexibility index (Phi) is 2.47. The van der Waals surface area contributed by atoms with E-state index in [0.29, 0.717) is 6.42 Å². The second-order valence-electron chi connectivity index (χ2n) is 4.26. The maximum Gasteiger partial charge on any atom is 0.311 e.